The van der Waals surface area contributed by atoms with Crippen LogP contribution >= 0.6 is 0 Å². The third-order valence-electron chi connectivity index (χ3n) is 3.34. The van der Waals surface area contributed by atoms with Crippen molar-refractivity contribution in [3.63, 3.8) is 0 Å². The number of hydrogen-bond acceptors (Lipinski definition) is 4. The fourth-order valence-electron chi connectivity index (χ4n) is 2.12. The number of carboxylic acid groups (broad SMARTS) is 1. The number of hydrogen-bond donors (Lipinski definition) is 1. The number of rotatable bonds is 5. The lowest BCUT2D eigenvalue weighted by Gasteiger charge is -2.19. The molecule has 0 aliphatic heterocycles. The highest BCUT2D eigenvalue weighted by atomic mass is 16.5. The van der Waals surface area contributed by atoms with Crippen LogP contribution in [-0.2, 0) is 4.79 Å². The summed E-state index contributed by atoms with van der Waals surface area (Å²) < 4.78 is 5.08. The van der Waals surface area contributed by atoms with Crippen LogP contribution in [0.15, 0.2) is 40.9 Å². The van der Waals surface area contributed by atoms with Crippen LogP contribution in [0.25, 0.3) is 0 Å². The number of carbonyl (C=O) groups is 2. The lowest BCUT2D eigenvalue weighted by molar-refractivity contribution is -0.135. The first-order chi connectivity index (χ1) is 10.1. The van der Waals surface area contributed by atoms with Crippen molar-refractivity contribution >= 4 is 17.6 Å². The molecule has 0 radical (unpaired) electrons. The fourth-order valence-corrected chi connectivity index (χ4v) is 2.12. The average Bonchev–Trinajstić information content (AvgIpc) is 3.22. The van der Waals surface area contributed by atoms with Crippen LogP contribution in [0.4, 0.5) is 5.69 Å². The van der Waals surface area contributed by atoms with Crippen LogP contribution in [0.1, 0.15) is 35.0 Å². The molecule has 2 aromatic rings. The van der Waals surface area contributed by atoms with E-state index in [1.54, 1.807) is 36.4 Å². The van der Waals surface area contributed by atoms with Gasteiger partial charge in [-0.1, -0.05) is 23.4 Å². The Balaban J connectivity index is 1.87. The van der Waals surface area contributed by atoms with Gasteiger partial charge in [0, 0.05) is 17.7 Å². The summed E-state index contributed by atoms with van der Waals surface area (Å²) in [6.07, 6.45) is 2.11. The van der Waals surface area contributed by atoms with Crippen LogP contribution in [0.5, 0.6) is 0 Å². The van der Waals surface area contributed by atoms with Crippen molar-refractivity contribution < 1.29 is 19.2 Å². The standard InChI is InChI=1S/C15H14N2O4/c18-14(19)9-17(11-4-2-1-3-5-11)15(20)13-8-12(16-21-13)10-6-7-10/h1-5,8,10H,6-7,9H2,(H,18,19). The van der Waals surface area contributed by atoms with E-state index >= 15 is 0 Å². The van der Waals surface area contributed by atoms with Gasteiger partial charge in [0.05, 0.1) is 5.69 Å². The first-order valence-corrected chi connectivity index (χ1v) is 6.70. The second-order valence-corrected chi connectivity index (χ2v) is 5.01. The number of anilines is 1. The van der Waals surface area contributed by atoms with Crippen LogP contribution in [0.2, 0.25) is 0 Å². The van der Waals surface area contributed by atoms with Gasteiger partial charge in [0.25, 0.3) is 5.91 Å². The number of para-hydroxylation sites is 1. The third kappa shape index (κ3) is 2.94. The van der Waals surface area contributed by atoms with Crippen molar-refractivity contribution in [1.29, 1.82) is 0 Å². The molecule has 0 spiro atoms. The summed E-state index contributed by atoms with van der Waals surface area (Å²) >= 11 is 0. The number of carbonyl (C=O) groups excluding carboxylic acids is 1. The second-order valence-electron chi connectivity index (χ2n) is 5.01. The zero-order valence-corrected chi connectivity index (χ0v) is 11.2. The van der Waals surface area contributed by atoms with E-state index in [9.17, 15) is 9.59 Å². The predicted octanol–water partition coefficient (Wildman–Crippen LogP) is 2.28. The summed E-state index contributed by atoms with van der Waals surface area (Å²) in [5.41, 5.74) is 1.27. The Labute approximate surface area is 121 Å². The summed E-state index contributed by atoms with van der Waals surface area (Å²) in [4.78, 5) is 24.6. The molecular weight excluding hydrogens is 272 g/mol. The summed E-state index contributed by atoms with van der Waals surface area (Å²) in [7, 11) is 0. The van der Waals surface area contributed by atoms with E-state index in [1.165, 1.54) is 4.90 Å². The maximum Gasteiger partial charge on any atom is 0.323 e. The molecule has 21 heavy (non-hydrogen) atoms. The number of aromatic nitrogens is 1. The number of aliphatic carboxylic acids is 1. The molecule has 1 aromatic carbocycles. The third-order valence-corrected chi connectivity index (χ3v) is 3.34. The second kappa shape index (κ2) is 5.40. The first kappa shape index (κ1) is 13.4. The highest BCUT2D eigenvalue weighted by Crippen LogP contribution is 2.39. The van der Waals surface area contributed by atoms with Gasteiger partial charge in [0.2, 0.25) is 5.76 Å². The number of nitrogens with zero attached hydrogens (tertiary/aromatic N) is 2. The van der Waals surface area contributed by atoms with Crippen molar-refractivity contribution in [2.45, 2.75) is 18.8 Å². The largest absolute Gasteiger partial charge is 0.480 e. The molecule has 1 amide bonds. The van der Waals surface area contributed by atoms with Crippen molar-refractivity contribution in [2.75, 3.05) is 11.4 Å². The van der Waals surface area contributed by atoms with Gasteiger partial charge in [-0.2, -0.15) is 0 Å². The van der Waals surface area contributed by atoms with Gasteiger partial charge in [-0.25, -0.2) is 0 Å². The van der Waals surface area contributed by atoms with E-state index in [4.69, 9.17) is 9.63 Å². The molecule has 0 saturated heterocycles. The topological polar surface area (TPSA) is 83.6 Å². The first-order valence-electron chi connectivity index (χ1n) is 6.70. The molecule has 1 aliphatic rings. The predicted molar refractivity (Wildman–Crippen MR) is 74.2 cm³/mol. The smallest absolute Gasteiger partial charge is 0.323 e. The van der Waals surface area contributed by atoms with Crippen LogP contribution in [-0.4, -0.2) is 28.7 Å². The van der Waals surface area contributed by atoms with Gasteiger partial charge < -0.3 is 9.63 Å². The minimum Gasteiger partial charge on any atom is -0.480 e. The molecule has 108 valence electrons. The molecule has 1 N–H and O–H groups in total. The van der Waals surface area contributed by atoms with Crippen LogP contribution in [0, 0.1) is 0 Å². The lowest BCUT2D eigenvalue weighted by atomic mass is 10.2. The Morgan fingerprint density at radius 1 is 1.29 bits per heavy atom. The molecule has 1 saturated carbocycles. The molecular formula is C15H14N2O4. The summed E-state index contributed by atoms with van der Waals surface area (Å²) in [5.74, 6) is -1.14. The normalized spacial score (nSPS) is 13.9. The molecule has 1 aromatic heterocycles. The van der Waals surface area contributed by atoms with Gasteiger partial charge in [0.1, 0.15) is 6.54 Å². The highest BCUT2D eigenvalue weighted by Gasteiger charge is 2.30. The number of amides is 1. The van der Waals surface area contributed by atoms with Gasteiger partial charge in [-0.05, 0) is 25.0 Å². The van der Waals surface area contributed by atoms with Gasteiger partial charge >= 0.3 is 5.97 Å². The van der Waals surface area contributed by atoms with Crippen LogP contribution in [0.3, 0.4) is 0 Å². The van der Waals surface area contributed by atoms with Crippen molar-refractivity contribution in [1.82, 2.24) is 5.16 Å². The quantitative estimate of drug-likeness (QED) is 0.911. The monoisotopic (exact) mass is 286 g/mol. The Kier molecular flexibility index (Phi) is 3.43. The van der Waals surface area contributed by atoms with E-state index in [1.807, 2.05) is 0 Å². The number of benzene rings is 1. The molecule has 0 atom stereocenters. The summed E-state index contributed by atoms with van der Waals surface area (Å²) in [6.45, 7) is -0.428. The maximum atomic E-state index is 12.5. The van der Waals surface area contributed by atoms with Crippen molar-refractivity contribution in [3.8, 4) is 0 Å². The minimum atomic E-state index is -1.09. The SMILES string of the molecule is O=C(O)CN(C(=O)c1cc(C2CC2)no1)c1ccccc1. The molecule has 1 fully saturated rings. The Bertz CT molecular complexity index is 661. The van der Waals surface area contributed by atoms with Gasteiger partial charge in [-0.3, -0.25) is 14.5 Å². The Morgan fingerprint density at radius 3 is 2.62 bits per heavy atom. The average molecular weight is 286 g/mol. The van der Waals surface area contributed by atoms with E-state index < -0.39 is 18.4 Å². The number of carboxylic acids is 1. The maximum absolute atomic E-state index is 12.5. The van der Waals surface area contributed by atoms with Gasteiger partial charge in [-0.15, -0.1) is 0 Å². The van der Waals surface area contributed by atoms with E-state index in [-0.39, 0.29) is 5.76 Å². The van der Waals surface area contributed by atoms with E-state index in [2.05, 4.69) is 5.16 Å². The molecule has 6 nitrogen and oxygen atoms in total. The molecule has 3 rings (SSSR count). The molecule has 0 bridgehead atoms. The van der Waals surface area contributed by atoms with Crippen molar-refractivity contribution in [3.05, 3.63) is 47.9 Å². The highest BCUT2D eigenvalue weighted by molar-refractivity contribution is 6.06. The van der Waals surface area contributed by atoms with Crippen LogP contribution < -0.4 is 4.90 Å². The minimum absolute atomic E-state index is 0.0713. The summed E-state index contributed by atoms with van der Waals surface area (Å²) in [5, 5.41) is 12.9. The Hall–Kier alpha value is -2.63. The zero-order chi connectivity index (χ0) is 14.8. The lowest BCUT2D eigenvalue weighted by Crippen LogP contribution is -2.35. The molecule has 0 unspecified atom stereocenters. The molecule has 1 aliphatic carbocycles. The Morgan fingerprint density at radius 2 is 2.00 bits per heavy atom. The van der Waals surface area contributed by atoms with E-state index in [0.29, 0.717) is 11.6 Å². The zero-order valence-electron chi connectivity index (χ0n) is 11.2. The van der Waals surface area contributed by atoms with E-state index in [0.717, 1.165) is 18.5 Å². The summed E-state index contributed by atoms with van der Waals surface area (Å²) in [6, 6.07) is 10.3. The molecule has 1 heterocycles. The van der Waals surface area contributed by atoms with Crippen molar-refractivity contribution in [2.24, 2.45) is 0 Å². The molecule has 6 heteroatoms. The fraction of sp³-hybridized carbons (Fsp3) is 0.267. The van der Waals surface area contributed by atoms with Gasteiger partial charge in [0.15, 0.2) is 0 Å².